The van der Waals surface area contributed by atoms with E-state index in [4.69, 9.17) is 9.47 Å². The first kappa shape index (κ1) is 20.8. The zero-order valence-electron chi connectivity index (χ0n) is 16.6. The number of allylic oxidation sites excluding steroid dienone is 1. The molecule has 0 aromatic carbocycles. The fourth-order valence-electron chi connectivity index (χ4n) is 2.42. The third kappa shape index (κ3) is 6.02. The first-order valence-electron chi connectivity index (χ1n) is 8.80. The minimum Gasteiger partial charge on any atom is -0.443 e. The monoisotopic (exact) mass is 377 g/mol. The van der Waals surface area contributed by atoms with Crippen molar-refractivity contribution in [3.8, 4) is 0 Å². The Bertz CT molecular complexity index is 688. The van der Waals surface area contributed by atoms with Gasteiger partial charge in [-0.3, -0.25) is 0 Å². The first-order chi connectivity index (χ1) is 12.4. The summed E-state index contributed by atoms with van der Waals surface area (Å²) in [6.07, 6.45) is 4.87. The maximum atomic E-state index is 12.5. The van der Waals surface area contributed by atoms with Crippen molar-refractivity contribution < 1.29 is 24.2 Å². The molecule has 1 aliphatic rings. The first-order valence-corrected chi connectivity index (χ1v) is 8.80. The van der Waals surface area contributed by atoms with Crippen LogP contribution >= 0.6 is 0 Å². The number of nitrogens with zero attached hydrogens (tertiary/aromatic N) is 3. The summed E-state index contributed by atoms with van der Waals surface area (Å²) in [7, 11) is 0. The second-order valence-corrected chi connectivity index (χ2v) is 8.41. The van der Waals surface area contributed by atoms with E-state index in [-0.39, 0.29) is 11.9 Å². The molecule has 8 nitrogen and oxygen atoms in total. The Balaban J connectivity index is 2.28. The topological polar surface area (TPSA) is 102 Å². The van der Waals surface area contributed by atoms with Crippen LogP contribution in [0.25, 0.3) is 0 Å². The van der Waals surface area contributed by atoms with E-state index >= 15 is 0 Å². The lowest BCUT2D eigenvalue weighted by Crippen LogP contribution is -2.44. The van der Waals surface area contributed by atoms with Crippen LogP contribution in [0.5, 0.6) is 0 Å². The van der Waals surface area contributed by atoms with Crippen LogP contribution in [0.4, 0.5) is 15.5 Å². The lowest BCUT2D eigenvalue weighted by atomic mass is 10.0. The van der Waals surface area contributed by atoms with Crippen LogP contribution in [0.2, 0.25) is 0 Å². The fraction of sp³-hybridized carbons (Fsp3) is 0.579. The normalized spacial score (nSPS) is 19.7. The molecule has 1 aliphatic carbocycles. The number of carbonyl (C=O) groups excluding carboxylic acids is 2. The summed E-state index contributed by atoms with van der Waals surface area (Å²) in [6.45, 7) is 10.2. The van der Waals surface area contributed by atoms with E-state index in [0.29, 0.717) is 11.3 Å². The third-order valence-corrected chi connectivity index (χ3v) is 3.50. The summed E-state index contributed by atoms with van der Waals surface area (Å²) in [5.41, 5.74) is -0.829. The second kappa shape index (κ2) is 7.64. The van der Waals surface area contributed by atoms with E-state index in [1.807, 2.05) is 6.08 Å². The van der Waals surface area contributed by atoms with Gasteiger partial charge in [-0.1, -0.05) is 12.2 Å². The van der Waals surface area contributed by atoms with Crippen LogP contribution in [0.3, 0.4) is 0 Å². The standard InChI is InChI=1S/C19H27N3O5/c1-18(2,3)26-16(24)22(17(25)27-19(4,5)6)15-20-10-13(11-21-15)12-7-8-14(23)9-12/h7-8,10-12,14,23H,9H2,1-6H3/t12-,14-/m0/s1. The van der Waals surface area contributed by atoms with Crippen molar-refractivity contribution >= 4 is 18.1 Å². The number of aliphatic hydroxyl groups excluding tert-OH is 1. The summed E-state index contributed by atoms with van der Waals surface area (Å²) in [5.74, 6) is -0.143. The van der Waals surface area contributed by atoms with E-state index in [1.54, 1.807) is 47.6 Å². The van der Waals surface area contributed by atoms with Gasteiger partial charge in [0.25, 0.3) is 0 Å². The number of imide groups is 1. The van der Waals surface area contributed by atoms with Gasteiger partial charge in [0.05, 0.1) is 6.10 Å². The Hall–Kier alpha value is -2.48. The van der Waals surface area contributed by atoms with Crippen LogP contribution < -0.4 is 4.90 Å². The Morgan fingerprint density at radius 1 is 1.00 bits per heavy atom. The maximum Gasteiger partial charge on any atom is 0.427 e. The summed E-state index contributed by atoms with van der Waals surface area (Å²) in [6, 6.07) is 0. The zero-order chi connectivity index (χ0) is 20.4. The van der Waals surface area contributed by atoms with Gasteiger partial charge in [0, 0.05) is 18.3 Å². The highest BCUT2D eigenvalue weighted by atomic mass is 16.6. The molecular weight excluding hydrogens is 350 g/mol. The van der Waals surface area contributed by atoms with Crippen LogP contribution in [-0.4, -0.2) is 44.6 Å². The lowest BCUT2D eigenvalue weighted by Gasteiger charge is -2.27. The number of aliphatic hydroxyl groups is 1. The average molecular weight is 377 g/mol. The van der Waals surface area contributed by atoms with Crippen LogP contribution in [0, 0.1) is 0 Å². The molecule has 8 heteroatoms. The molecule has 0 saturated carbocycles. The van der Waals surface area contributed by atoms with E-state index in [1.165, 1.54) is 12.4 Å². The van der Waals surface area contributed by atoms with Gasteiger partial charge in [0.15, 0.2) is 0 Å². The van der Waals surface area contributed by atoms with E-state index in [2.05, 4.69) is 9.97 Å². The van der Waals surface area contributed by atoms with Crippen molar-refractivity contribution in [2.75, 3.05) is 4.90 Å². The molecule has 0 spiro atoms. The number of aromatic nitrogens is 2. The molecule has 2 atom stereocenters. The number of hydrogen-bond donors (Lipinski definition) is 1. The average Bonchev–Trinajstić information content (AvgIpc) is 2.91. The molecule has 0 radical (unpaired) electrons. The van der Waals surface area contributed by atoms with Crippen LogP contribution in [0.1, 0.15) is 59.4 Å². The van der Waals surface area contributed by atoms with Gasteiger partial charge in [-0.2, -0.15) is 0 Å². The molecule has 27 heavy (non-hydrogen) atoms. The summed E-state index contributed by atoms with van der Waals surface area (Å²) < 4.78 is 10.6. The summed E-state index contributed by atoms with van der Waals surface area (Å²) in [5, 5.41) is 9.61. The molecule has 0 fully saturated rings. The molecule has 0 unspecified atom stereocenters. The van der Waals surface area contributed by atoms with Gasteiger partial charge in [-0.05, 0) is 53.5 Å². The van der Waals surface area contributed by atoms with Gasteiger partial charge < -0.3 is 14.6 Å². The van der Waals surface area contributed by atoms with Crippen molar-refractivity contribution in [1.29, 1.82) is 0 Å². The largest absolute Gasteiger partial charge is 0.443 e. The van der Waals surface area contributed by atoms with Crippen LogP contribution in [0.15, 0.2) is 24.5 Å². The van der Waals surface area contributed by atoms with Crippen molar-refractivity contribution in [3.63, 3.8) is 0 Å². The highest BCUT2D eigenvalue weighted by molar-refractivity contribution is 6.08. The predicted octanol–water partition coefficient (Wildman–Crippen LogP) is 3.56. The van der Waals surface area contributed by atoms with E-state index < -0.39 is 29.5 Å². The fourth-order valence-corrected chi connectivity index (χ4v) is 2.42. The molecule has 1 aromatic heterocycles. The number of amides is 2. The Morgan fingerprint density at radius 3 is 1.85 bits per heavy atom. The SMILES string of the molecule is CC(C)(C)OC(=O)N(C(=O)OC(C)(C)C)c1ncc([C@H]2C=C[C@H](O)C2)cn1. The van der Waals surface area contributed by atoms with E-state index in [9.17, 15) is 14.7 Å². The van der Waals surface area contributed by atoms with Gasteiger partial charge in [0.1, 0.15) is 11.2 Å². The van der Waals surface area contributed by atoms with Crippen molar-refractivity contribution in [3.05, 3.63) is 30.1 Å². The minimum atomic E-state index is -0.916. The number of anilines is 1. The number of ether oxygens (including phenoxy) is 2. The molecule has 0 aliphatic heterocycles. The molecular formula is C19H27N3O5. The number of hydrogen-bond acceptors (Lipinski definition) is 7. The van der Waals surface area contributed by atoms with Gasteiger partial charge in [-0.15, -0.1) is 4.90 Å². The maximum absolute atomic E-state index is 12.5. The highest BCUT2D eigenvalue weighted by Crippen LogP contribution is 2.28. The van der Waals surface area contributed by atoms with E-state index in [0.717, 1.165) is 5.56 Å². The van der Waals surface area contributed by atoms with Crippen LogP contribution in [-0.2, 0) is 9.47 Å². The quantitative estimate of drug-likeness (QED) is 0.786. The predicted molar refractivity (Wildman–Crippen MR) is 99.5 cm³/mol. The Kier molecular flexibility index (Phi) is 5.89. The second-order valence-electron chi connectivity index (χ2n) is 8.41. The lowest BCUT2D eigenvalue weighted by molar-refractivity contribution is 0.0427. The minimum absolute atomic E-state index is 0.00875. The molecule has 2 amide bonds. The van der Waals surface area contributed by atoms with Gasteiger partial charge in [0.2, 0.25) is 5.95 Å². The van der Waals surface area contributed by atoms with Gasteiger partial charge in [-0.25, -0.2) is 19.6 Å². The smallest absolute Gasteiger partial charge is 0.427 e. The summed E-state index contributed by atoms with van der Waals surface area (Å²) in [4.78, 5) is 34.1. The highest BCUT2D eigenvalue weighted by Gasteiger charge is 2.34. The van der Waals surface area contributed by atoms with Crippen molar-refractivity contribution in [2.24, 2.45) is 0 Å². The molecule has 1 aromatic rings. The Morgan fingerprint density at radius 2 is 1.48 bits per heavy atom. The zero-order valence-corrected chi connectivity index (χ0v) is 16.6. The van der Waals surface area contributed by atoms with Gasteiger partial charge >= 0.3 is 12.2 Å². The summed E-state index contributed by atoms with van der Waals surface area (Å²) >= 11 is 0. The molecule has 1 N–H and O–H groups in total. The molecule has 148 valence electrons. The molecule has 0 saturated heterocycles. The molecule has 2 rings (SSSR count). The van der Waals surface area contributed by atoms with Crippen molar-refractivity contribution in [2.45, 2.75) is 71.2 Å². The number of carbonyl (C=O) groups is 2. The number of rotatable bonds is 2. The van der Waals surface area contributed by atoms with Crippen molar-refractivity contribution in [1.82, 2.24) is 9.97 Å². The Labute approximate surface area is 159 Å². The third-order valence-electron chi connectivity index (χ3n) is 3.50. The molecule has 0 bridgehead atoms. The molecule has 1 heterocycles.